The van der Waals surface area contributed by atoms with Gasteiger partial charge in [-0.05, 0) is 42.2 Å². The van der Waals surface area contributed by atoms with Crippen LogP contribution >= 0.6 is 0 Å². The van der Waals surface area contributed by atoms with Crippen LogP contribution in [0.2, 0.25) is 0 Å². The first-order valence-corrected chi connectivity index (χ1v) is 9.01. The maximum atomic E-state index is 13.0. The van der Waals surface area contributed by atoms with Crippen LogP contribution in [0.15, 0.2) is 53.4 Å². The number of fused-ring (bicyclic) bond motifs is 1. The number of carbonyl (C=O) groups excluding carboxylic acids is 1. The van der Waals surface area contributed by atoms with Crippen molar-refractivity contribution in [1.29, 1.82) is 0 Å². The first-order chi connectivity index (χ1) is 11.4. The summed E-state index contributed by atoms with van der Waals surface area (Å²) in [5.74, 6) is -0.657. The number of anilines is 1. The fourth-order valence-corrected chi connectivity index (χ4v) is 4.28. The van der Waals surface area contributed by atoms with Gasteiger partial charge in [-0.3, -0.25) is 9.10 Å². The van der Waals surface area contributed by atoms with Crippen LogP contribution < -0.4 is 10.0 Å². The van der Waals surface area contributed by atoms with Gasteiger partial charge in [-0.1, -0.05) is 36.4 Å². The van der Waals surface area contributed by atoms with E-state index in [0.717, 1.165) is 15.4 Å². The van der Waals surface area contributed by atoms with Crippen molar-refractivity contribution in [2.24, 2.45) is 5.73 Å². The lowest BCUT2D eigenvalue weighted by Gasteiger charge is -2.25. The second kappa shape index (κ2) is 6.13. The molecule has 0 radical (unpaired) electrons. The third-order valence-electron chi connectivity index (χ3n) is 4.21. The van der Waals surface area contributed by atoms with Crippen LogP contribution in [0, 0.1) is 0 Å². The molecule has 24 heavy (non-hydrogen) atoms. The molecule has 1 amide bonds. The predicted octanol–water partition coefficient (Wildman–Crippen LogP) is 2.54. The van der Waals surface area contributed by atoms with E-state index in [2.05, 4.69) is 0 Å². The lowest BCUT2D eigenvalue weighted by molar-refractivity contribution is 0.100. The van der Waals surface area contributed by atoms with Crippen LogP contribution in [0.3, 0.4) is 0 Å². The lowest BCUT2D eigenvalue weighted by Crippen LogP contribution is -2.30. The van der Waals surface area contributed by atoms with Gasteiger partial charge in [0.15, 0.2) is 0 Å². The number of allylic oxidation sites excluding steroid dienone is 1. The zero-order valence-electron chi connectivity index (χ0n) is 13.3. The molecule has 0 aromatic heterocycles. The number of hydrogen-bond donors (Lipinski definition) is 1. The van der Waals surface area contributed by atoms with Crippen molar-refractivity contribution >= 4 is 27.7 Å². The minimum absolute atomic E-state index is 0.181. The summed E-state index contributed by atoms with van der Waals surface area (Å²) in [4.78, 5) is 11.9. The van der Waals surface area contributed by atoms with Gasteiger partial charge in [0.25, 0.3) is 15.9 Å². The molecule has 0 heterocycles. The average molecular weight is 342 g/mol. The van der Waals surface area contributed by atoms with Gasteiger partial charge in [0.2, 0.25) is 0 Å². The molecule has 3 rings (SSSR count). The summed E-state index contributed by atoms with van der Waals surface area (Å²) in [6.07, 6.45) is 2.81. The molecule has 0 bridgehead atoms. The SMILES string of the molecule is CN(c1ccccc1C(N)=O)S(=O)(=O)C1=Cc2ccccc2CC1. The van der Waals surface area contributed by atoms with Crippen LogP contribution in [0.4, 0.5) is 5.69 Å². The number of nitrogens with zero attached hydrogens (tertiary/aromatic N) is 1. The number of carbonyl (C=O) groups is 1. The third-order valence-corrected chi connectivity index (χ3v) is 6.12. The third kappa shape index (κ3) is 2.80. The van der Waals surface area contributed by atoms with Crippen molar-refractivity contribution in [2.45, 2.75) is 12.8 Å². The lowest BCUT2D eigenvalue weighted by atomic mass is 9.98. The smallest absolute Gasteiger partial charge is 0.260 e. The second-order valence-electron chi connectivity index (χ2n) is 5.66. The Labute approximate surface area is 141 Å². The summed E-state index contributed by atoms with van der Waals surface area (Å²) in [6.45, 7) is 0. The van der Waals surface area contributed by atoms with E-state index in [1.807, 2.05) is 24.3 Å². The molecule has 0 saturated carbocycles. The average Bonchev–Trinajstić information content (AvgIpc) is 2.60. The van der Waals surface area contributed by atoms with Gasteiger partial charge in [-0.2, -0.15) is 0 Å². The normalized spacial score (nSPS) is 13.8. The Kier molecular flexibility index (Phi) is 4.15. The molecule has 0 aliphatic heterocycles. The Hall–Kier alpha value is -2.60. The number of para-hydroxylation sites is 1. The molecule has 1 aliphatic rings. The Bertz CT molecular complexity index is 933. The molecular weight excluding hydrogens is 324 g/mol. The molecule has 124 valence electrons. The largest absolute Gasteiger partial charge is 0.366 e. The Morgan fingerprint density at radius 2 is 1.71 bits per heavy atom. The summed E-state index contributed by atoms with van der Waals surface area (Å²) in [5, 5.41) is 0. The van der Waals surface area contributed by atoms with Gasteiger partial charge >= 0.3 is 0 Å². The quantitative estimate of drug-likeness (QED) is 0.927. The van der Waals surface area contributed by atoms with E-state index in [1.54, 1.807) is 24.3 Å². The van der Waals surface area contributed by atoms with Crippen LogP contribution in [0.5, 0.6) is 0 Å². The highest BCUT2D eigenvalue weighted by Gasteiger charge is 2.28. The van der Waals surface area contributed by atoms with Crippen LogP contribution in [0.1, 0.15) is 27.9 Å². The van der Waals surface area contributed by atoms with Gasteiger partial charge in [-0.15, -0.1) is 0 Å². The molecule has 0 saturated heterocycles. The first-order valence-electron chi connectivity index (χ1n) is 7.57. The van der Waals surface area contributed by atoms with Crippen LogP contribution in [-0.2, 0) is 16.4 Å². The van der Waals surface area contributed by atoms with Gasteiger partial charge in [0.1, 0.15) is 0 Å². The maximum absolute atomic E-state index is 13.0. The van der Waals surface area contributed by atoms with E-state index >= 15 is 0 Å². The Morgan fingerprint density at radius 1 is 1.04 bits per heavy atom. The number of amides is 1. The second-order valence-corrected chi connectivity index (χ2v) is 7.69. The Balaban J connectivity index is 2.03. The minimum Gasteiger partial charge on any atom is -0.366 e. The molecule has 0 atom stereocenters. The monoisotopic (exact) mass is 342 g/mol. The fraction of sp³-hybridized carbons (Fsp3) is 0.167. The molecule has 2 aromatic carbocycles. The van der Waals surface area contributed by atoms with E-state index in [1.165, 1.54) is 13.1 Å². The van der Waals surface area contributed by atoms with Crippen molar-refractivity contribution in [1.82, 2.24) is 0 Å². The van der Waals surface area contributed by atoms with E-state index in [-0.39, 0.29) is 11.3 Å². The van der Waals surface area contributed by atoms with Crippen molar-refractivity contribution in [3.8, 4) is 0 Å². The van der Waals surface area contributed by atoms with Gasteiger partial charge in [-0.25, -0.2) is 8.42 Å². The number of rotatable bonds is 4. The summed E-state index contributed by atoms with van der Waals surface area (Å²) in [7, 11) is -2.28. The highest BCUT2D eigenvalue weighted by Crippen LogP contribution is 2.31. The molecule has 0 spiro atoms. The van der Waals surface area contributed by atoms with E-state index in [9.17, 15) is 13.2 Å². The summed E-state index contributed by atoms with van der Waals surface area (Å²) in [5.41, 5.74) is 7.88. The Morgan fingerprint density at radius 3 is 2.46 bits per heavy atom. The summed E-state index contributed by atoms with van der Waals surface area (Å²) in [6, 6.07) is 14.2. The van der Waals surface area contributed by atoms with Crippen molar-refractivity contribution < 1.29 is 13.2 Å². The van der Waals surface area contributed by atoms with Crippen molar-refractivity contribution in [3.63, 3.8) is 0 Å². The zero-order chi connectivity index (χ0) is 17.3. The van der Waals surface area contributed by atoms with E-state index < -0.39 is 15.9 Å². The number of hydrogen-bond acceptors (Lipinski definition) is 3. The molecule has 0 unspecified atom stereocenters. The first kappa shape index (κ1) is 16.3. The molecule has 6 heteroatoms. The number of sulfonamides is 1. The fourth-order valence-electron chi connectivity index (χ4n) is 2.87. The highest BCUT2D eigenvalue weighted by atomic mass is 32.2. The topological polar surface area (TPSA) is 80.5 Å². The molecule has 2 N–H and O–H groups in total. The highest BCUT2D eigenvalue weighted by molar-refractivity contribution is 7.96. The molecular formula is C18H18N2O3S. The summed E-state index contributed by atoms with van der Waals surface area (Å²) >= 11 is 0. The van der Waals surface area contributed by atoms with Gasteiger partial charge < -0.3 is 5.73 Å². The van der Waals surface area contributed by atoms with Gasteiger partial charge in [0.05, 0.1) is 16.2 Å². The van der Waals surface area contributed by atoms with Crippen LogP contribution in [-0.4, -0.2) is 21.4 Å². The van der Waals surface area contributed by atoms with Crippen LogP contribution in [0.25, 0.3) is 6.08 Å². The zero-order valence-corrected chi connectivity index (χ0v) is 14.1. The molecule has 2 aromatic rings. The van der Waals surface area contributed by atoms with Crippen molar-refractivity contribution in [3.05, 3.63) is 70.1 Å². The summed E-state index contributed by atoms with van der Waals surface area (Å²) < 4.78 is 27.1. The van der Waals surface area contributed by atoms with E-state index in [0.29, 0.717) is 17.7 Å². The van der Waals surface area contributed by atoms with Gasteiger partial charge in [0, 0.05) is 7.05 Å². The maximum Gasteiger partial charge on any atom is 0.260 e. The molecule has 0 fully saturated rings. The number of nitrogens with two attached hydrogens (primary N) is 1. The number of primary amides is 1. The minimum atomic E-state index is -3.73. The van der Waals surface area contributed by atoms with E-state index in [4.69, 9.17) is 5.73 Å². The molecule has 5 nitrogen and oxygen atoms in total. The number of benzene rings is 2. The predicted molar refractivity (Wildman–Crippen MR) is 95.0 cm³/mol. The number of aryl methyl sites for hydroxylation is 1. The standard InChI is InChI=1S/C18H18N2O3S/c1-20(17-9-5-4-8-16(17)18(19)21)24(22,23)15-11-10-13-6-2-3-7-14(13)12-15/h2-9,12H,10-11H2,1H3,(H2,19,21). The van der Waals surface area contributed by atoms with Crippen molar-refractivity contribution in [2.75, 3.05) is 11.4 Å². The molecule has 1 aliphatic carbocycles.